The summed E-state index contributed by atoms with van der Waals surface area (Å²) >= 11 is 11.2. The summed E-state index contributed by atoms with van der Waals surface area (Å²) in [6.07, 6.45) is 6.00. The zero-order chi connectivity index (χ0) is 93.1. The number of aliphatic hydroxyl groups is 1. The lowest BCUT2D eigenvalue weighted by molar-refractivity contribution is -0.192. The van der Waals surface area contributed by atoms with Crippen molar-refractivity contribution in [1.29, 1.82) is 0 Å². The SMILES string of the molecule is CC(C)(C)OC(=O)COC1CC(C(F)F)C1.CC(C)(C)OC(=O)COC1CC(CO)C1.CC1CC(OCC(=O)OC(C)(C)C)C1.COC1CC(OCC(=O)OC(C)(C)C)C1.NC12CC(NC(=O)COc3ccc(Cl)c(F)c3)(C1)C2.O=C(COC1CC(C(F)F)C1)CC12CC(NC(=O)COc3ccc(Cl)c(F)c3)(C1)C2.O=C(O)COC1CC(C(F)F)C1.O=C=O. The summed E-state index contributed by atoms with van der Waals surface area (Å²) in [5.41, 5.74) is 3.55. The number of ether oxygens (including phenoxy) is 13. The molecule has 12 aliphatic rings. The van der Waals surface area contributed by atoms with Crippen LogP contribution in [-0.2, 0) is 100 Å². The molecular weight excluding hydrogens is 1700 g/mol. The van der Waals surface area contributed by atoms with E-state index >= 15 is 0 Å². The number of Topliss-reactive ketones (excluding diaryl/α,β-unsaturated/α-hetero) is 1. The van der Waals surface area contributed by atoms with Gasteiger partial charge in [-0.3, -0.25) is 14.4 Å². The van der Waals surface area contributed by atoms with Crippen molar-refractivity contribution in [3.05, 3.63) is 58.1 Å². The van der Waals surface area contributed by atoms with Crippen LogP contribution in [0.4, 0.5) is 35.1 Å². The average Bonchev–Trinajstić information content (AvgIpc) is 0.684. The minimum atomic E-state index is -2.31. The summed E-state index contributed by atoms with van der Waals surface area (Å²) in [5, 5.41) is 22.8. The van der Waals surface area contributed by atoms with E-state index < -0.39 is 83.0 Å². The quantitative estimate of drug-likeness (QED) is 0.0252. The number of rotatable bonds is 33. The van der Waals surface area contributed by atoms with Gasteiger partial charge in [0.15, 0.2) is 19.0 Å². The van der Waals surface area contributed by atoms with Crippen LogP contribution in [0, 0.1) is 46.6 Å². The summed E-state index contributed by atoms with van der Waals surface area (Å²) in [6, 6.07) is 8.04. The molecule has 2 aromatic rings. The van der Waals surface area contributed by atoms with Crippen LogP contribution in [0.3, 0.4) is 0 Å². The van der Waals surface area contributed by atoms with Crippen LogP contribution in [0.15, 0.2) is 36.4 Å². The molecule has 0 saturated heterocycles. The Labute approximate surface area is 729 Å². The number of methoxy groups -OCH3 is 1. The molecule has 704 valence electrons. The molecule has 0 aromatic heterocycles. The third-order valence-corrected chi connectivity index (χ3v) is 21.7. The molecule has 12 aliphatic carbocycles. The Morgan fingerprint density at radius 2 is 0.766 bits per heavy atom. The van der Waals surface area contributed by atoms with Gasteiger partial charge in [0.2, 0.25) is 19.3 Å². The van der Waals surface area contributed by atoms with Gasteiger partial charge in [0.25, 0.3) is 11.8 Å². The van der Waals surface area contributed by atoms with Crippen LogP contribution in [0.5, 0.6) is 11.5 Å². The molecule has 4 bridgehead atoms. The fourth-order valence-electron chi connectivity index (χ4n) is 15.1. The third kappa shape index (κ3) is 39.7. The van der Waals surface area contributed by atoms with E-state index in [-0.39, 0.29) is 194 Å². The molecule has 12 saturated carbocycles. The number of aliphatic carboxylic acids is 1. The first-order valence-corrected chi connectivity index (χ1v) is 42.1. The summed E-state index contributed by atoms with van der Waals surface area (Å²) in [4.78, 5) is 107. The standard InChI is InChI=1S/C21H23ClF3NO4.C13H14ClFN2O2.C11H18F2O3.2C11H20O4.C11H20O3.C7H10F2O3.CO2/c22-16-2-1-14(5-17(16)23)30-8-18(28)26-21-9-20(10-21,11-21)6-13(27)7-29-15-3-12(4-15)19(24)25;14-9-2-1-8(3-10(9)15)19-4-11(18)17-13-5-12(16,6-13)7-13;1-11(2,3)16-9(14)6-15-8-4-7(5-8)10(12)13;1-11(2,3)15-10(12)7-14-9-5-8(6-9)13-4;1-11(2,3)15-10(13)7-14-9-4-8(5-9)6-12;1-8-5-9(6-8)13-7-10(12)14-11(2,3)4;8-7(9)4-1-5(2-4)12-3-6(10)11;2-1-3/h1-2,5,12,15,19H,3-4,6-11H2,(H,26,28);1-3H,4-7,16H2,(H,17,18);7-8,10H,4-6H2,1-3H3;8-9H,5-7H2,1-4H3;8-9,12H,4-7H2,1-3H3;8-9H,5-7H2,1-4H3;4-5,7H,1-3H2,(H,10,11);. The number of carboxylic acids is 1. The number of nitrogens with two attached hydrogens (primary N) is 1. The Balaban J connectivity index is 0.000000261. The molecule has 28 nitrogen and oxygen atoms in total. The van der Waals surface area contributed by atoms with Crippen molar-refractivity contribution < 1.29 is 155 Å². The molecule has 0 heterocycles. The number of nitrogens with one attached hydrogen (secondary N) is 2. The maximum atomic E-state index is 13.4. The fourth-order valence-corrected chi connectivity index (χ4v) is 15.4. The number of carboxylic acid groups (broad SMARTS) is 1. The van der Waals surface area contributed by atoms with E-state index in [0.29, 0.717) is 44.1 Å². The molecule has 124 heavy (non-hydrogen) atoms. The number of esters is 4. The Morgan fingerprint density at radius 1 is 0.468 bits per heavy atom. The normalized spacial score (nSPS) is 27.8. The average molecular weight is 1820 g/mol. The zero-order valence-electron chi connectivity index (χ0n) is 73.1. The van der Waals surface area contributed by atoms with Crippen LogP contribution in [0.25, 0.3) is 0 Å². The van der Waals surface area contributed by atoms with Gasteiger partial charge in [0, 0.05) is 66.6 Å². The molecule has 2 amide bonds. The van der Waals surface area contributed by atoms with Gasteiger partial charge in [0.05, 0.1) is 52.8 Å². The Morgan fingerprint density at radius 3 is 1.05 bits per heavy atom. The highest BCUT2D eigenvalue weighted by Gasteiger charge is 2.69. The number of alkyl halides is 6. The lowest BCUT2D eigenvalue weighted by Gasteiger charge is -2.70. The Hall–Kier alpha value is -6.96. The smallest absolute Gasteiger partial charge is 0.373 e. The molecule has 0 radical (unpaired) electrons. The van der Waals surface area contributed by atoms with E-state index in [9.17, 15) is 73.5 Å². The maximum absolute atomic E-state index is 13.4. The van der Waals surface area contributed by atoms with Crippen molar-refractivity contribution in [2.24, 2.45) is 40.7 Å². The van der Waals surface area contributed by atoms with E-state index in [1.807, 2.05) is 62.3 Å². The van der Waals surface area contributed by atoms with Crippen LogP contribution in [0.1, 0.15) is 212 Å². The number of carbonyl (C=O) groups excluding carboxylic acids is 9. The second-order valence-corrected chi connectivity index (χ2v) is 38.4. The van der Waals surface area contributed by atoms with Gasteiger partial charge in [-0.1, -0.05) is 30.1 Å². The molecule has 0 atom stereocenters. The number of halogens is 10. The van der Waals surface area contributed by atoms with Crippen LogP contribution in [0.2, 0.25) is 10.0 Å². The van der Waals surface area contributed by atoms with Crippen LogP contribution < -0.4 is 25.8 Å². The zero-order valence-corrected chi connectivity index (χ0v) is 74.6. The molecule has 0 unspecified atom stereocenters. The number of ketones is 1. The minimum absolute atomic E-state index is 0.0140. The maximum Gasteiger partial charge on any atom is 0.373 e. The van der Waals surface area contributed by atoms with E-state index in [0.717, 1.165) is 95.1 Å². The van der Waals surface area contributed by atoms with Gasteiger partial charge < -0.3 is 88.2 Å². The third-order valence-electron chi connectivity index (χ3n) is 21.1. The first-order valence-electron chi connectivity index (χ1n) is 41.4. The Kier molecular flexibility index (Phi) is 42.0. The second-order valence-electron chi connectivity index (χ2n) is 37.6. The highest BCUT2D eigenvalue weighted by molar-refractivity contribution is 6.31. The molecule has 2 aromatic carbocycles. The minimum Gasteiger partial charge on any atom is -0.484 e. The molecular formula is C86H125Cl2F8N3O25. The molecule has 38 heteroatoms. The summed E-state index contributed by atoms with van der Waals surface area (Å²) in [6.45, 7) is 23.5. The lowest BCUT2D eigenvalue weighted by Crippen LogP contribution is -2.82. The highest BCUT2D eigenvalue weighted by Crippen LogP contribution is 2.69. The molecule has 6 N–H and O–H groups in total. The second kappa shape index (κ2) is 48.4. The van der Waals surface area contributed by atoms with E-state index in [1.54, 1.807) is 27.9 Å². The first-order chi connectivity index (χ1) is 57.5. The van der Waals surface area contributed by atoms with Crippen molar-refractivity contribution in [3.63, 3.8) is 0 Å². The fraction of sp³-hybridized carbons (Fsp3) is 0.756. The molecule has 0 aliphatic heterocycles. The summed E-state index contributed by atoms with van der Waals surface area (Å²) in [5.74, 6) is -4.28. The first kappa shape index (κ1) is 108. The van der Waals surface area contributed by atoms with Gasteiger partial charge in [-0.05, 0) is 240 Å². The van der Waals surface area contributed by atoms with E-state index in [4.69, 9.17) is 110 Å². The van der Waals surface area contributed by atoms with Crippen molar-refractivity contribution in [2.45, 2.75) is 313 Å². The number of hydrogen-bond donors (Lipinski definition) is 5. The van der Waals surface area contributed by atoms with Gasteiger partial charge in [-0.15, -0.1) is 0 Å². The van der Waals surface area contributed by atoms with Crippen molar-refractivity contribution in [2.75, 3.05) is 66.6 Å². The van der Waals surface area contributed by atoms with Crippen LogP contribution in [-0.4, -0.2) is 231 Å². The molecule has 14 rings (SSSR count). The lowest BCUT2D eigenvalue weighted by atomic mass is 9.38. The van der Waals surface area contributed by atoms with E-state index in [2.05, 4.69) is 17.6 Å². The number of amides is 2. The van der Waals surface area contributed by atoms with Gasteiger partial charge in [0.1, 0.15) is 85.2 Å². The number of aliphatic hydroxyl groups excluding tert-OH is 1. The topological polar surface area (TPSA) is 381 Å². The predicted octanol–water partition coefficient (Wildman–Crippen LogP) is 13.2. The van der Waals surface area contributed by atoms with Crippen LogP contribution >= 0.6 is 23.2 Å². The van der Waals surface area contributed by atoms with Crippen molar-refractivity contribution in [3.8, 4) is 11.5 Å². The largest absolute Gasteiger partial charge is 0.484 e. The summed E-state index contributed by atoms with van der Waals surface area (Å²) in [7, 11) is 1.69. The number of benzene rings is 2. The highest BCUT2D eigenvalue weighted by atomic mass is 35.5. The predicted molar refractivity (Wildman–Crippen MR) is 431 cm³/mol. The number of carbonyl (C=O) groups is 8. The van der Waals surface area contributed by atoms with Gasteiger partial charge in [-0.2, -0.15) is 9.59 Å². The van der Waals surface area contributed by atoms with Crippen molar-refractivity contribution >= 4 is 76.8 Å². The van der Waals surface area contributed by atoms with Gasteiger partial charge in [-0.25, -0.2) is 59.1 Å². The van der Waals surface area contributed by atoms with Crippen molar-refractivity contribution in [1.82, 2.24) is 10.6 Å². The Bertz CT molecular complexity index is 3700. The summed E-state index contributed by atoms with van der Waals surface area (Å²) < 4.78 is 167. The van der Waals surface area contributed by atoms with E-state index in [1.165, 1.54) is 24.3 Å². The molecule has 12 fully saturated rings. The number of hydrogen-bond acceptors (Lipinski definition) is 25. The van der Waals surface area contributed by atoms with Gasteiger partial charge >= 0.3 is 36.0 Å². The molecule has 0 spiro atoms. The monoisotopic (exact) mass is 1820 g/mol.